The molecule has 0 saturated heterocycles. The number of sulfonamides is 1. The van der Waals surface area contributed by atoms with Gasteiger partial charge >= 0.3 is 5.97 Å². The van der Waals surface area contributed by atoms with E-state index >= 15 is 0 Å². The summed E-state index contributed by atoms with van der Waals surface area (Å²) >= 11 is 1.48. The lowest BCUT2D eigenvalue weighted by Crippen LogP contribution is -2.42. The molecule has 0 aliphatic rings. The lowest BCUT2D eigenvalue weighted by molar-refractivity contribution is -0.139. The number of hydrogen-bond acceptors (Lipinski definition) is 5. The Morgan fingerprint density at radius 1 is 1.53 bits per heavy atom. The van der Waals surface area contributed by atoms with Crippen molar-refractivity contribution in [2.24, 2.45) is 0 Å². The molecule has 8 heteroatoms. The lowest BCUT2D eigenvalue weighted by atomic mass is 10.2. The van der Waals surface area contributed by atoms with Crippen LogP contribution in [0.4, 0.5) is 0 Å². The quantitative estimate of drug-likeness (QED) is 0.555. The fourth-order valence-corrected chi connectivity index (χ4v) is 2.88. The van der Waals surface area contributed by atoms with E-state index < -0.39 is 22.0 Å². The Bertz CT molecular complexity index is 317. The summed E-state index contributed by atoms with van der Waals surface area (Å²) in [7, 11) is -2.06. The highest BCUT2D eigenvalue weighted by Crippen LogP contribution is 2.03. The SMILES string of the molecule is COCCCS(=O)(=O)N[C@H](CCSC)C(=O)O. The van der Waals surface area contributed by atoms with Gasteiger partial charge in [0.25, 0.3) is 0 Å². The van der Waals surface area contributed by atoms with Gasteiger partial charge in [-0.3, -0.25) is 4.79 Å². The van der Waals surface area contributed by atoms with E-state index in [0.29, 0.717) is 18.8 Å². The fourth-order valence-electron chi connectivity index (χ4n) is 1.14. The minimum atomic E-state index is -3.55. The van der Waals surface area contributed by atoms with Crippen molar-refractivity contribution in [2.45, 2.75) is 18.9 Å². The van der Waals surface area contributed by atoms with Gasteiger partial charge < -0.3 is 9.84 Å². The van der Waals surface area contributed by atoms with Gasteiger partial charge in [-0.15, -0.1) is 0 Å². The van der Waals surface area contributed by atoms with Crippen LogP contribution in [0, 0.1) is 0 Å². The zero-order valence-electron chi connectivity index (χ0n) is 10.0. The summed E-state index contributed by atoms with van der Waals surface area (Å²) in [5.41, 5.74) is 0. The number of rotatable bonds is 10. The van der Waals surface area contributed by atoms with Crippen molar-refractivity contribution in [3.63, 3.8) is 0 Å². The van der Waals surface area contributed by atoms with Crippen molar-refractivity contribution in [1.82, 2.24) is 4.72 Å². The summed E-state index contributed by atoms with van der Waals surface area (Å²) in [4.78, 5) is 10.9. The summed E-state index contributed by atoms with van der Waals surface area (Å²) in [5.74, 6) is -0.670. The van der Waals surface area contributed by atoms with Crippen LogP contribution >= 0.6 is 11.8 Å². The number of carboxylic acids is 1. The molecule has 0 aromatic rings. The van der Waals surface area contributed by atoms with E-state index in [1.54, 1.807) is 0 Å². The second kappa shape index (κ2) is 8.73. The largest absolute Gasteiger partial charge is 0.480 e. The molecule has 0 radical (unpaired) electrons. The molecule has 0 aromatic carbocycles. The summed E-state index contributed by atoms with van der Waals surface area (Å²) in [6.07, 6.45) is 2.46. The van der Waals surface area contributed by atoms with Crippen LogP contribution in [0.15, 0.2) is 0 Å². The number of methoxy groups -OCH3 is 1. The summed E-state index contributed by atoms with van der Waals surface area (Å²) in [6, 6.07) is -1.05. The van der Waals surface area contributed by atoms with Gasteiger partial charge in [-0.05, 0) is 24.9 Å². The topological polar surface area (TPSA) is 92.7 Å². The predicted octanol–water partition coefficient (Wildman–Crippen LogP) is 0.149. The highest BCUT2D eigenvalue weighted by molar-refractivity contribution is 7.98. The minimum Gasteiger partial charge on any atom is -0.480 e. The Morgan fingerprint density at radius 3 is 2.65 bits per heavy atom. The van der Waals surface area contributed by atoms with Gasteiger partial charge in [0.1, 0.15) is 6.04 Å². The van der Waals surface area contributed by atoms with Crippen LogP contribution in [-0.4, -0.2) is 57.0 Å². The van der Waals surface area contributed by atoms with Gasteiger partial charge in [0.15, 0.2) is 0 Å². The van der Waals surface area contributed by atoms with Crippen LogP contribution in [0.3, 0.4) is 0 Å². The summed E-state index contributed by atoms with van der Waals surface area (Å²) < 4.78 is 30.0. The first kappa shape index (κ1) is 16.7. The smallest absolute Gasteiger partial charge is 0.321 e. The monoisotopic (exact) mass is 285 g/mol. The number of carboxylic acid groups (broad SMARTS) is 1. The molecule has 0 spiro atoms. The molecule has 17 heavy (non-hydrogen) atoms. The summed E-state index contributed by atoms with van der Waals surface area (Å²) in [5, 5.41) is 8.87. The first-order valence-corrected chi connectivity index (χ1v) is 8.18. The molecule has 2 N–H and O–H groups in total. The van der Waals surface area contributed by atoms with Crippen molar-refractivity contribution in [1.29, 1.82) is 0 Å². The molecular weight excluding hydrogens is 266 g/mol. The van der Waals surface area contributed by atoms with Crippen molar-refractivity contribution >= 4 is 27.8 Å². The zero-order chi connectivity index (χ0) is 13.3. The number of ether oxygens (including phenoxy) is 1. The number of carbonyl (C=O) groups is 1. The Balaban J connectivity index is 4.27. The molecule has 0 fully saturated rings. The molecule has 102 valence electrons. The third-order valence-electron chi connectivity index (χ3n) is 1.99. The standard InChI is InChI=1S/C9H19NO5S2/c1-15-5-3-7-17(13,14)10-8(9(11)12)4-6-16-2/h8,10H,3-7H2,1-2H3,(H,11,12)/t8-/m1/s1. The van der Waals surface area contributed by atoms with E-state index in [2.05, 4.69) is 4.72 Å². The molecule has 0 rings (SSSR count). The average molecular weight is 285 g/mol. The number of nitrogens with one attached hydrogen (secondary N) is 1. The van der Waals surface area contributed by atoms with Gasteiger partial charge in [-0.1, -0.05) is 0 Å². The van der Waals surface area contributed by atoms with Crippen molar-refractivity contribution in [3.8, 4) is 0 Å². The fraction of sp³-hybridized carbons (Fsp3) is 0.889. The molecule has 0 aliphatic carbocycles. The highest BCUT2D eigenvalue weighted by atomic mass is 32.2. The van der Waals surface area contributed by atoms with E-state index in [1.807, 2.05) is 6.26 Å². The predicted molar refractivity (Wildman–Crippen MR) is 67.8 cm³/mol. The first-order chi connectivity index (χ1) is 7.93. The number of hydrogen-bond donors (Lipinski definition) is 2. The van der Waals surface area contributed by atoms with E-state index in [4.69, 9.17) is 9.84 Å². The van der Waals surface area contributed by atoms with Crippen LogP contribution < -0.4 is 4.72 Å². The Hall–Kier alpha value is -0.310. The third-order valence-corrected chi connectivity index (χ3v) is 4.11. The average Bonchev–Trinajstić information content (AvgIpc) is 2.24. The van der Waals surface area contributed by atoms with Crippen LogP contribution in [0.2, 0.25) is 0 Å². The van der Waals surface area contributed by atoms with E-state index in [0.717, 1.165) is 0 Å². The molecule has 0 heterocycles. The van der Waals surface area contributed by atoms with Crippen LogP contribution in [0.5, 0.6) is 0 Å². The van der Waals surface area contributed by atoms with Gasteiger partial charge in [-0.2, -0.15) is 11.8 Å². The Labute approximate surface area is 106 Å². The molecule has 0 aromatic heterocycles. The van der Waals surface area contributed by atoms with Gasteiger partial charge in [-0.25, -0.2) is 13.1 Å². The second-order valence-corrected chi connectivity index (χ2v) is 6.31. The lowest BCUT2D eigenvalue weighted by Gasteiger charge is -2.14. The van der Waals surface area contributed by atoms with Gasteiger partial charge in [0, 0.05) is 13.7 Å². The van der Waals surface area contributed by atoms with Gasteiger partial charge in [0.2, 0.25) is 10.0 Å². The van der Waals surface area contributed by atoms with Crippen molar-refractivity contribution in [2.75, 3.05) is 31.5 Å². The Kier molecular flexibility index (Phi) is 8.57. The van der Waals surface area contributed by atoms with Gasteiger partial charge in [0.05, 0.1) is 5.75 Å². The molecule has 0 bridgehead atoms. The highest BCUT2D eigenvalue weighted by Gasteiger charge is 2.23. The molecule has 0 unspecified atom stereocenters. The maximum atomic E-state index is 11.5. The summed E-state index contributed by atoms with van der Waals surface area (Å²) in [6.45, 7) is 0.337. The van der Waals surface area contributed by atoms with Crippen molar-refractivity contribution < 1.29 is 23.1 Å². The van der Waals surface area contributed by atoms with Crippen molar-refractivity contribution in [3.05, 3.63) is 0 Å². The molecular formula is C9H19NO5S2. The zero-order valence-corrected chi connectivity index (χ0v) is 11.6. The normalized spacial score (nSPS) is 13.5. The third kappa shape index (κ3) is 8.42. The number of aliphatic carboxylic acids is 1. The molecule has 6 nitrogen and oxygen atoms in total. The maximum Gasteiger partial charge on any atom is 0.321 e. The molecule has 0 saturated carbocycles. The van der Waals surface area contributed by atoms with Crippen LogP contribution in [0.25, 0.3) is 0 Å². The molecule has 0 aliphatic heterocycles. The number of thioether (sulfide) groups is 1. The van der Waals surface area contributed by atoms with E-state index in [9.17, 15) is 13.2 Å². The van der Waals surface area contributed by atoms with Crippen LogP contribution in [0.1, 0.15) is 12.8 Å². The first-order valence-electron chi connectivity index (χ1n) is 5.13. The molecule has 1 atom stereocenters. The minimum absolute atomic E-state index is 0.121. The van der Waals surface area contributed by atoms with E-state index in [1.165, 1.54) is 18.9 Å². The molecule has 0 amide bonds. The maximum absolute atomic E-state index is 11.5. The van der Waals surface area contributed by atoms with E-state index in [-0.39, 0.29) is 12.2 Å². The second-order valence-electron chi connectivity index (χ2n) is 3.46. The Morgan fingerprint density at radius 2 is 2.18 bits per heavy atom. The van der Waals surface area contributed by atoms with Crippen LogP contribution in [-0.2, 0) is 19.6 Å².